The van der Waals surface area contributed by atoms with E-state index in [1.54, 1.807) is 0 Å². The lowest BCUT2D eigenvalue weighted by atomic mass is 9.89. The molecule has 1 N–H and O–H groups in total. The first kappa shape index (κ1) is 15.0. The maximum absolute atomic E-state index is 12.4. The number of nitrogens with zero attached hydrogens (tertiary/aromatic N) is 1. The number of nitrogens with one attached hydrogen (secondary N) is 1. The molecular weight excluding hydrogens is 252 g/mol. The van der Waals surface area contributed by atoms with Gasteiger partial charge in [-0.2, -0.15) is 0 Å². The van der Waals surface area contributed by atoms with E-state index in [0.717, 1.165) is 12.1 Å². The molecule has 0 saturated carbocycles. The number of methoxy groups -OCH3 is 1. The topological polar surface area (TPSA) is 41.6 Å². The zero-order valence-electron chi connectivity index (χ0n) is 12.6. The summed E-state index contributed by atoms with van der Waals surface area (Å²) in [4.78, 5) is 14.8. The van der Waals surface area contributed by atoms with Crippen molar-refractivity contribution >= 4 is 5.97 Å². The van der Waals surface area contributed by atoms with E-state index >= 15 is 0 Å². The second-order valence-corrected chi connectivity index (χ2v) is 5.47. The van der Waals surface area contributed by atoms with Gasteiger partial charge in [0.05, 0.1) is 7.11 Å². The standard InChI is InChI=1S/C16H24N2O2/c1-13-8-7-11-18(13)12-16(17-2,15(19)20-3)14-9-5-4-6-10-14/h4-6,9-10,13,17H,7-8,11-12H2,1-3H3. The molecular formula is C16H24N2O2. The predicted octanol–water partition coefficient (Wildman–Crippen LogP) is 1.76. The zero-order chi connectivity index (χ0) is 14.6. The summed E-state index contributed by atoms with van der Waals surface area (Å²) in [5.41, 5.74) is 0.155. The summed E-state index contributed by atoms with van der Waals surface area (Å²) >= 11 is 0. The fraction of sp³-hybridized carbons (Fsp3) is 0.562. The Balaban J connectivity index is 2.35. The number of likely N-dealkylation sites (N-methyl/N-ethyl adjacent to an activating group) is 1. The summed E-state index contributed by atoms with van der Waals surface area (Å²) in [6.45, 7) is 3.89. The number of carbonyl (C=O) groups is 1. The van der Waals surface area contributed by atoms with Crippen LogP contribution in [0.5, 0.6) is 0 Å². The monoisotopic (exact) mass is 276 g/mol. The highest BCUT2D eigenvalue weighted by atomic mass is 16.5. The van der Waals surface area contributed by atoms with E-state index in [9.17, 15) is 4.79 Å². The van der Waals surface area contributed by atoms with Crippen molar-refractivity contribution in [1.29, 1.82) is 0 Å². The van der Waals surface area contributed by atoms with Crippen molar-refractivity contribution in [2.75, 3.05) is 27.2 Å². The smallest absolute Gasteiger partial charge is 0.332 e. The molecule has 1 aliphatic rings. The van der Waals surface area contributed by atoms with Crippen LogP contribution in [0.4, 0.5) is 0 Å². The lowest BCUT2D eigenvalue weighted by molar-refractivity contribution is -0.150. The number of ether oxygens (including phenoxy) is 1. The summed E-state index contributed by atoms with van der Waals surface area (Å²) < 4.78 is 5.08. The van der Waals surface area contributed by atoms with Crippen LogP contribution in [0.15, 0.2) is 30.3 Å². The maximum atomic E-state index is 12.4. The maximum Gasteiger partial charge on any atom is 0.332 e. The van der Waals surface area contributed by atoms with Crippen LogP contribution in [0, 0.1) is 0 Å². The highest BCUT2D eigenvalue weighted by molar-refractivity contribution is 5.83. The van der Waals surface area contributed by atoms with Crippen molar-refractivity contribution in [1.82, 2.24) is 10.2 Å². The van der Waals surface area contributed by atoms with Crippen LogP contribution in [-0.2, 0) is 15.1 Å². The van der Waals surface area contributed by atoms with Gasteiger partial charge >= 0.3 is 5.97 Å². The first-order valence-corrected chi connectivity index (χ1v) is 7.21. The van der Waals surface area contributed by atoms with Gasteiger partial charge in [0.15, 0.2) is 5.54 Å². The Kier molecular flexibility index (Phi) is 4.78. The lowest BCUT2D eigenvalue weighted by Gasteiger charge is -2.36. The van der Waals surface area contributed by atoms with Gasteiger partial charge in [-0.05, 0) is 38.9 Å². The molecule has 2 unspecified atom stereocenters. The minimum Gasteiger partial charge on any atom is -0.467 e. The average molecular weight is 276 g/mol. The molecule has 0 spiro atoms. The summed E-state index contributed by atoms with van der Waals surface area (Å²) in [7, 11) is 3.27. The third-order valence-electron chi connectivity index (χ3n) is 4.36. The molecule has 0 amide bonds. The Hall–Kier alpha value is -1.39. The van der Waals surface area contributed by atoms with Gasteiger partial charge in [0.2, 0.25) is 0 Å². The van der Waals surface area contributed by atoms with Crippen molar-refractivity contribution in [2.24, 2.45) is 0 Å². The minimum absolute atomic E-state index is 0.231. The molecule has 4 heteroatoms. The molecule has 1 heterocycles. The van der Waals surface area contributed by atoms with E-state index in [-0.39, 0.29) is 5.97 Å². The van der Waals surface area contributed by atoms with E-state index in [1.165, 1.54) is 20.0 Å². The Morgan fingerprint density at radius 2 is 2.15 bits per heavy atom. The SMILES string of the molecule is CNC(CN1CCCC1C)(C(=O)OC)c1ccccc1. The molecule has 1 aromatic carbocycles. The zero-order valence-corrected chi connectivity index (χ0v) is 12.6. The molecule has 1 fully saturated rings. The second-order valence-electron chi connectivity index (χ2n) is 5.47. The first-order chi connectivity index (χ1) is 9.64. The van der Waals surface area contributed by atoms with Crippen LogP contribution >= 0.6 is 0 Å². The largest absolute Gasteiger partial charge is 0.467 e. The van der Waals surface area contributed by atoms with Crippen molar-refractivity contribution < 1.29 is 9.53 Å². The summed E-state index contributed by atoms with van der Waals surface area (Å²) in [5, 5.41) is 3.21. The molecule has 0 radical (unpaired) electrons. The van der Waals surface area contributed by atoms with E-state index in [4.69, 9.17) is 4.74 Å². The minimum atomic E-state index is -0.797. The lowest BCUT2D eigenvalue weighted by Crippen LogP contribution is -2.56. The van der Waals surface area contributed by atoms with Gasteiger partial charge in [0, 0.05) is 12.6 Å². The van der Waals surface area contributed by atoms with Crippen molar-refractivity contribution in [2.45, 2.75) is 31.3 Å². The number of hydrogen-bond acceptors (Lipinski definition) is 4. The number of benzene rings is 1. The van der Waals surface area contributed by atoms with Crippen LogP contribution in [0.2, 0.25) is 0 Å². The molecule has 1 aliphatic heterocycles. The van der Waals surface area contributed by atoms with Gasteiger partial charge < -0.3 is 10.1 Å². The highest BCUT2D eigenvalue weighted by Crippen LogP contribution is 2.27. The fourth-order valence-corrected chi connectivity index (χ4v) is 3.03. The Labute approximate surface area is 121 Å². The van der Waals surface area contributed by atoms with Crippen molar-refractivity contribution in [3.63, 3.8) is 0 Å². The quantitative estimate of drug-likeness (QED) is 0.832. The summed E-state index contributed by atoms with van der Waals surface area (Å²) in [6.07, 6.45) is 2.38. The van der Waals surface area contributed by atoms with E-state index in [2.05, 4.69) is 17.1 Å². The molecule has 110 valence electrons. The molecule has 20 heavy (non-hydrogen) atoms. The van der Waals surface area contributed by atoms with Crippen molar-refractivity contribution in [3.05, 3.63) is 35.9 Å². The number of rotatable bonds is 5. The molecule has 2 rings (SSSR count). The van der Waals surface area contributed by atoms with Crippen molar-refractivity contribution in [3.8, 4) is 0 Å². The van der Waals surface area contributed by atoms with Gasteiger partial charge in [0.25, 0.3) is 0 Å². The molecule has 4 nitrogen and oxygen atoms in total. The third kappa shape index (κ3) is 2.72. The fourth-order valence-electron chi connectivity index (χ4n) is 3.03. The normalized spacial score (nSPS) is 22.4. The van der Waals surface area contributed by atoms with Crippen LogP contribution in [0.1, 0.15) is 25.3 Å². The van der Waals surface area contributed by atoms with Crippen LogP contribution in [0.3, 0.4) is 0 Å². The predicted molar refractivity (Wildman–Crippen MR) is 79.5 cm³/mol. The average Bonchev–Trinajstić information content (AvgIpc) is 2.90. The first-order valence-electron chi connectivity index (χ1n) is 7.21. The number of carbonyl (C=O) groups excluding carboxylic acids is 1. The number of likely N-dealkylation sites (tertiary alicyclic amines) is 1. The molecule has 0 aliphatic carbocycles. The van der Waals surface area contributed by atoms with Gasteiger partial charge in [-0.25, -0.2) is 4.79 Å². The number of esters is 1. The molecule has 0 bridgehead atoms. The van der Waals surface area contributed by atoms with Gasteiger partial charge in [0.1, 0.15) is 0 Å². The molecule has 2 atom stereocenters. The van der Waals surface area contributed by atoms with Crippen LogP contribution in [-0.4, -0.2) is 44.2 Å². The van der Waals surface area contributed by atoms with Gasteiger partial charge in [-0.15, -0.1) is 0 Å². The van der Waals surface area contributed by atoms with E-state index < -0.39 is 5.54 Å². The van der Waals surface area contributed by atoms with Crippen LogP contribution in [0.25, 0.3) is 0 Å². The summed E-state index contributed by atoms with van der Waals surface area (Å²) in [6, 6.07) is 10.3. The molecule has 1 saturated heterocycles. The Morgan fingerprint density at radius 3 is 2.65 bits per heavy atom. The molecule has 1 aromatic rings. The summed E-state index contributed by atoms with van der Waals surface area (Å²) in [5.74, 6) is -0.231. The Bertz CT molecular complexity index is 449. The van der Waals surface area contributed by atoms with Gasteiger partial charge in [-0.1, -0.05) is 30.3 Å². The van der Waals surface area contributed by atoms with E-state index in [1.807, 2.05) is 37.4 Å². The highest BCUT2D eigenvalue weighted by Gasteiger charge is 2.43. The Morgan fingerprint density at radius 1 is 1.45 bits per heavy atom. The second kappa shape index (κ2) is 6.37. The van der Waals surface area contributed by atoms with E-state index in [0.29, 0.717) is 12.6 Å². The number of hydrogen-bond donors (Lipinski definition) is 1. The van der Waals surface area contributed by atoms with Crippen LogP contribution < -0.4 is 5.32 Å². The molecule has 0 aromatic heterocycles. The van der Waals surface area contributed by atoms with Gasteiger partial charge in [-0.3, -0.25) is 4.90 Å². The third-order valence-corrected chi connectivity index (χ3v) is 4.36.